The minimum Gasteiger partial charge on any atom is -0.497 e. The molecule has 0 unspecified atom stereocenters. The summed E-state index contributed by atoms with van der Waals surface area (Å²) < 4.78 is 37.7. The van der Waals surface area contributed by atoms with E-state index in [2.05, 4.69) is 10.1 Å². The SMILES string of the molecule is COC(=O)c1ccc(Cl)c(NC(=O)CN(c2ccc(OC)cc2)S(=O)(=O)c2ccc(C)cc2)c1. The molecule has 0 radical (unpaired) electrons. The van der Waals surface area contributed by atoms with E-state index in [1.54, 1.807) is 36.4 Å². The van der Waals surface area contributed by atoms with Crippen molar-refractivity contribution in [2.24, 2.45) is 0 Å². The average Bonchev–Trinajstić information content (AvgIpc) is 2.83. The van der Waals surface area contributed by atoms with E-state index < -0.39 is 28.4 Å². The van der Waals surface area contributed by atoms with Gasteiger partial charge in [-0.25, -0.2) is 13.2 Å². The predicted octanol–water partition coefficient (Wildman–Crippen LogP) is 4.28. The highest BCUT2D eigenvalue weighted by Crippen LogP contribution is 2.27. The molecule has 0 saturated carbocycles. The van der Waals surface area contributed by atoms with Crippen LogP contribution in [0.2, 0.25) is 5.02 Å². The van der Waals surface area contributed by atoms with Gasteiger partial charge in [-0.3, -0.25) is 9.10 Å². The molecule has 178 valence electrons. The van der Waals surface area contributed by atoms with Crippen LogP contribution in [0.15, 0.2) is 71.6 Å². The lowest BCUT2D eigenvalue weighted by atomic mass is 10.2. The van der Waals surface area contributed by atoms with Crippen molar-refractivity contribution in [1.29, 1.82) is 0 Å². The maximum atomic E-state index is 13.5. The van der Waals surface area contributed by atoms with E-state index in [0.717, 1.165) is 9.87 Å². The number of sulfonamides is 1. The number of amides is 1. The zero-order chi connectivity index (χ0) is 24.9. The number of nitrogens with one attached hydrogen (secondary N) is 1. The Bertz CT molecular complexity index is 1290. The van der Waals surface area contributed by atoms with Crippen LogP contribution in [-0.2, 0) is 19.6 Å². The zero-order valence-electron chi connectivity index (χ0n) is 18.7. The van der Waals surface area contributed by atoms with Crippen molar-refractivity contribution in [2.75, 3.05) is 30.4 Å². The monoisotopic (exact) mass is 502 g/mol. The van der Waals surface area contributed by atoms with Crippen LogP contribution < -0.4 is 14.4 Å². The Labute approximate surface area is 203 Å². The maximum absolute atomic E-state index is 13.5. The summed E-state index contributed by atoms with van der Waals surface area (Å²) in [5.41, 5.74) is 1.50. The van der Waals surface area contributed by atoms with E-state index >= 15 is 0 Å². The van der Waals surface area contributed by atoms with Crippen molar-refractivity contribution >= 4 is 44.9 Å². The standard InChI is InChI=1S/C24H23ClN2O6S/c1-16-4-11-20(12-5-16)34(30,31)27(18-7-9-19(32-2)10-8-18)15-23(28)26-22-14-17(24(29)33-3)6-13-21(22)25/h4-14H,15H2,1-3H3,(H,26,28). The first kappa shape index (κ1) is 25.1. The minimum absolute atomic E-state index is 0.0347. The smallest absolute Gasteiger partial charge is 0.337 e. The number of rotatable bonds is 8. The van der Waals surface area contributed by atoms with Crippen LogP contribution in [0, 0.1) is 6.92 Å². The molecule has 8 nitrogen and oxygen atoms in total. The fourth-order valence-electron chi connectivity index (χ4n) is 3.09. The van der Waals surface area contributed by atoms with Gasteiger partial charge in [-0.05, 0) is 61.5 Å². The van der Waals surface area contributed by atoms with Crippen LogP contribution in [0.1, 0.15) is 15.9 Å². The van der Waals surface area contributed by atoms with Gasteiger partial charge in [-0.1, -0.05) is 29.3 Å². The average molecular weight is 503 g/mol. The van der Waals surface area contributed by atoms with Crippen molar-refractivity contribution in [3.63, 3.8) is 0 Å². The fourth-order valence-corrected chi connectivity index (χ4v) is 4.67. The number of anilines is 2. The third kappa shape index (κ3) is 5.67. The molecular formula is C24H23ClN2O6S. The zero-order valence-corrected chi connectivity index (χ0v) is 20.3. The number of carbonyl (C=O) groups excluding carboxylic acids is 2. The van der Waals surface area contributed by atoms with Crippen LogP contribution in [0.3, 0.4) is 0 Å². The molecule has 3 rings (SSSR count). The summed E-state index contributed by atoms with van der Waals surface area (Å²) in [5.74, 6) is -0.725. The third-order valence-corrected chi connectivity index (χ3v) is 7.04. The number of hydrogen-bond donors (Lipinski definition) is 1. The summed E-state index contributed by atoms with van der Waals surface area (Å²) in [6.07, 6.45) is 0. The first-order chi connectivity index (χ1) is 16.1. The van der Waals surface area contributed by atoms with Crippen molar-refractivity contribution in [1.82, 2.24) is 0 Å². The van der Waals surface area contributed by atoms with E-state index in [-0.39, 0.29) is 26.9 Å². The molecule has 0 bridgehead atoms. The maximum Gasteiger partial charge on any atom is 0.337 e. The Morgan fingerprint density at radius 3 is 2.21 bits per heavy atom. The Hall–Kier alpha value is -3.56. The highest BCUT2D eigenvalue weighted by molar-refractivity contribution is 7.92. The highest BCUT2D eigenvalue weighted by Gasteiger charge is 2.27. The number of carbonyl (C=O) groups is 2. The third-order valence-electron chi connectivity index (χ3n) is 4.92. The van der Waals surface area contributed by atoms with Gasteiger partial charge in [-0.2, -0.15) is 0 Å². The second kappa shape index (κ2) is 10.6. The Morgan fingerprint density at radius 2 is 1.62 bits per heavy atom. The van der Waals surface area contributed by atoms with Crippen LogP contribution in [0.4, 0.5) is 11.4 Å². The summed E-state index contributed by atoms with van der Waals surface area (Å²) in [4.78, 5) is 24.8. The lowest BCUT2D eigenvalue weighted by Crippen LogP contribution is -2.38. The van der Waals surface area contributed by atoms with E-state index in [9.17, 15) is 18.0 Å². The molecule has 0 atom stereocenters. The van der Waals surface area contributed by atoms with Gasteiger partial charge in [0.1, 0.15) is 12.3 Å². The normalized spacial score (nSPS) is 10.9. The van der Waals surface area contributed by atoms with Crippen molar-refractivity contribution < 1.29 is 27.5 Å². The van der Waals surface area contributed by atoms with Gasteiger partial charge in [0.05, 0.1) is 41.1 Å². The van der Waals surface area contributed by atoms with Crippen molar-refractivity contribution in [2.45, 2.75) is 11.8 Å². The second-order valence-corrected chi connectivity index (χ2v) is 9.53. The summed E-state index contributed by atoms with van der Waals surface area (Å²) in [5, 5.41) is 2.75. The molecule has 3 aromatic carbocycles. The quantitative estimate of drug-likeness (QED) is 0.461. The number of methoxy groups -OCH3 is 2. The predicted molar refractivity (Wildman–Crippen MR) is 130 cm³/mol. The Morgan fingerprint density at radius 1 is 0.971 bits per heavy atom. The van der Waals surface area contributed by atoms with Crippen LogP contribution in [0.5, 0.6) is 5.75 Å². The Kier molecular flexibility index (Phi) is 7.80. The molecule has 0 aromatic heterocycles. The van der Waals surface area contributed by atoms with E-state index in [1.165, 1.54) is 44.6 Å². The molecule has 0 aliphatic heterocycles. The molecule has 1 amide bonds. The molecule has 0 aliphatic rings. The molecule has 0 spiro atoms. The lowest BCUT2D eigenvalue weighted by molar-refractivity contribution is -0.114. The first-order valence-electron chi connectivity index (χ1n) is 10.1. The van der Waals surface area contributed by atoms with Crippen molar-refractivity contribution in [3.8, 4) is 5.75 Å². The highest BCUT2D eigenvalue weighted by atomic mass is 35.5. The van der Waals surface area contributed by atoms with E-state index in [1.807, 2.05) is 6.92 Å². The summed E-state index contributed by atoms with van der Waals surface area (Å²) in [6.45, 7) is 1.30. The number of ether oxygens (including phenoxy) is 2. The van der Waals surface area contributed by atoms with Gasteiger partial charge in [0.15, 0.2) is 0 Å². The van der Waals surface area contributed by atoms with E-state index in [4.69, 9.17) is 16.3 Å². The summed E-state index contributed by atoms with van der Waals surface area (Å²) in [7, 11) is -1.36. The van der Waals surface area contributed by atoms with Crippen LogP contribution in [0.25, 0.3) is 0 Å². The van der Waals surface area contributed by atoms with Gasteiger partial charge in [0, 0.05) is 0 Å². The van der Waals surface area contributed by atoms with E-state index in [0.29, 0.717) is 5.75 Å². The molecule has 0 saturated heterocycles. The molecule has 1 N–H and O–H groups in total. The number of benzene rings is 3. The number of aryl methyl sites for hydroxylation is 1. The molecule has 0 heterocycles. The Balaban J connectivity index is 1.95. The summed E-state index contributed by atoms with van der Waals surface area (Å²) in [6, 6.07) is 16.9. The number of halogens is 1. The molecule has 34 heavy (non-hydrogen) atoms. The topological polar surface area (TPSA) is 102 Å². The number of hydrogen-bond acceptors (Lipinski definition) is 6. The van der Waals surface area contributed by atoms with Gasteiger partial charge >= 0.3 is 5.97 Å². The van der Waals surface area contributed by atoms with Gasteiger partial charge < -0.3 is 14.8 Å². The number of nitrogens with zero attached hydrogens (tertiary/aromatic N) is 1. The molecule has 0 aliphatic carbocycles. The molecule has 3 aromatic rings. The molecule has 10 heteroatoms. The van der Waals surface area contributed by atoms with Crippen molar-refractivity contribution in [3.05, 3.63) is 82.9 Å². The van der Waals surface area contributed by atoms with Gasteiger partial charge in [-0.15, -0.1) is 0 Å². The van der Waals surface area contributed by atoms with Gasteiger partial charge in [0.2, 0.25) is 5.91 Å². The molecular weight excluding hydrogens is 480 g/mol. The second-order valence-electron chi connectivity index (χ2n) is 7.26. The van der Waals surface area contributed by atoms with Crippen LogP contribution >= 0.6 is 11.6 Å². The first-order valence-corrected chi connectivity index (χ1v) is 11.9. The van der Waals surface area contributed by atoms with Gasteiger partial charge in [0.25, 0.3) is 10.0 Å². The minimum atomic E-state index is -4.09. The lowest BCUT2D eigenvalue weighted by Gasteiger charge is -2.24. The van der Waals surface area contributed by atoms with Crippen LogP contribution in [-0.4, -0.2) is 41.1 Å². The largest absolute Gasteiger partial charge is 0.497 e. The molecule has 0 fully saturated rings. The number of esters is 1. The fraction of sp³-hybridized carbons (Fsp3) is 0.167. The summed E-state index contributed by atoms with van der Waals surface area (Å²) >= 11 is 6.16.